The van der Waals surface area contributed by atoms with Crippen LogP contribution in [0.3, 0.4) is 0 Å². The van der Waals surface area contributed by atoms with Crippen LogP contribution < -0.4 is 5.56 Å². The molecule has 0 amide bonds. The van der Waals surface area contributed by atoms with E-state index >= 15 is 0 Å². The van der Waals surface area contributed by atoms with E-state index in [1.165, 1.54) is 5.56 Å². The summed E-state index contributed by atoms with van der Waals surface area (Å²) in [5.74, 6) is 0. The highest BCUT2D eigenvalue weighted by atomic mass is 127. The molecule has 1 aromatic carbocycles. The fraction of sp³-hybridized carbons (Fsp3) is 0.133. The van der Waals surface area contributed by atoms with Gasteiger partial charge < -0.3 is 0 Å². The third-order valence-corrected chi connectivity index (χ3v) is 3.74. The number of benzene rings is 1. The normalized spacial score (nSPS) is 10.9. The Labute approximate surface area is 129 Å². The summed E-state index contributed by atoms with van der Waals surface area (Å²) in [5.41, 5.74) is 2.90. The van der Waals surface area contributed by atoms with E-state index in [1.807, 2.05) is 31.2 Å². The van der Waals surface area contributed by atoms with E-state index in [4.69, 9.17) is 0 Å². The number of fused-ring (bicyclic) bond motifs is 1. The SMILES string of the molecule is Cc1ccc(Cn2cnc3cnc(I)cc3c2=O)cc1. The number of pyridine rings is 1. The first-order chi connectivity index (χ1) is 9.63. The maximum absolute atomic E-state index is 12.4. The molecule has 4 nitrogen and oxygen atoms in total. The van der Waals surface area contributed by atoms with Crippen LogP contribution in [0.5, 0.6) is 0 Å². The maximum Gasteiger partial charge on any atom is 0.261 e. The predicted octanol–water partition coefficient (Wildman–Crippen LogP) is 2.75. The maximum atomic E-state index is 12.4. The Balaban J connectivity index is 2.06. The molecule has 20 heavy (non-hydrogen) atoms. The highest BCUT2D eigenvalue weighted by Crippen LogP contribution is 2.10. The molecule has 5 heteroatoms. The number of aromatic nitrogens is 3. The van der Waals surface area contributed by atoms with Crippen molar-refractivity contribution < 1.29 is 0 Å². The monoisotopic (exact) mass is 377 g/mol. The smallest absolute Gasteiger partial charge is 0.261 e. The van der Waals surface area contributed by atoms with Gasteiger partial charge in [0.25, 0.3) is 5.56 Å². The Hall–Kier alpha value is -1.76. The zero-order valence-corrected chi connectivity index (χ0v) is 13.0. The van der Waals surface area contributed by atoms with Crippen molar-refractivity contribution in [3.63, 3.8) is 0 Å². The molecule has 0 aliphatic heterocycles. The minimum Gasteiger partial charge on any atom is -0.294 e. The van der Waals surface area contributed by atoms with Gasteiger partial charge in [-0.15, -0.1) is 0 Å². The van der Waals surface area contributed by atoms with Gasteiger partial charge in [-0.25, -0.2) is 9.97 Å². The average molecular weight is 377 g/mol. The lowest BCUT2D eigenvalue weighted by Gasteiger charge is -2.07. The Morgan fingerprint density at radius 1 is 1.20 bits per heavy atom. The molecule has 0 atom stereocenters. The number of hydrogen-bond donors (Lipinski definition) is 0. The number of nitrogens with zero attached hydrogens (tertiary/aromatic N) is 3. The van der Waals surface area contributed by atoms with E-state index < -0.39 is 0 Å². The molecule has 2 aromatic heterocycles. The Morgan fingerprint density at radius 2 is 1.95 bits per heavy atom. The summed E-state index contributed by atoms with van der Waals surface area (Å²) in [4.78, 5) is 20.9. The number of hydrogen-bond acceptors (Lipinski definition) is 3. The molecule has 0 fully saturated rings. The Kier molecular flexibility index (Phi) is 3.52. The average Bonchev–Trinajstić information content (AvgIpc) is 2.45. The highest BCUT2D eigenvalue weighted by Gasteiger charge is 2.05. The summed E-state index contributed by atoms with van der Waals surface area (Å²) in [6, 6.07) is 9.92. The van der Waals surface area contributed by atoms with Crippen molar-refractivity contribution in [2.24, 2.45) is 0 Å². The number of rotatable bonds is 2. The Morgan fingerprint density at radius 3 is 2.70 bits per heavy atom. The molecule has 3 rings (SSSR count). The molecule has 0 N–H and O–H groups in total. The van der Waals surface area contributed by atoms with Crippen LogP contribution in [0.25, 0.3) is 10.9 Å². The van der Waals surface area contributed by atoms with Crippen LogP contribution in [0.2, 0.25) is 0 Å². The third kappa shape index (κ3) is 2.58. The summed E-state index contributed by atoms with van der Waals surface area (Å²) in [7, 11) is 0. The van der Waals surface area contributed by atoms with E-state index in [0.29, 0.717) is 17.4 Å². The van der Waals surface area contributed by atoms with Gasteiger partial charge in [-0.3, -0.25) is 9.36 Å². The van der Waals surface area contributed by atoms with Crippen molar-refractivity contribution in [1.29, 1.82) is 0 Å². The fourth-order valence-electron chi connectivity index (χ4n) is 2.04. The second-order valence-electron chi connectivity index (χ2n) is 4.69. The van der Waals surface area contributed by atoms with Crippen LogP contribution >= 0.6 is 22.6 Å². The molecule has 0 aliphatic rings. The van der Waals surface area contributed by atoms with Gasteiger partial charge in [-0.2, -0.15) is 0 Å². The minimum absolute atomic E-state index is 0.0316. The van der Waals surface area contributed by atoms with Crippen molar-refractivity contribution in [2.45, 2.75) is 13.5 Å². The number of halogens is 1. The van der Waals surface area contributed by atoms with E-state index in [1.54, 1.807) is 23.2 Å². The first-order valence-corrected chi connectivity index (χ1v) is 7.27. The molecule has 0 bridgehead atoms. The molecule has 0 radical (unpaired) electrons. The molecule has 100 valence electrons. The van der Waals surface area contributed by atoms with Gasteiger partial charge in [0, 0.05) is 0 Å². The predicted molar refractivity (Wildman–Crippen MR) is 86.8 cm³/mol. The zero-order valence-electron chi connectivity index (χ0n) is 10.9. The van der Waals surface area contributed by atoms with Crippen molar-refractivity contribution in [1.82, 2.24) is 14.5 Å². The van der Waals surface area contributed by atoms with E-state index in [2.05, 4.69) is 32.6 Å². The van der Waals surface area contributed by atoms with E-state index in [0.717, 1.165) is 9.26 Å². The second-order valence-corrected chi connectivity index (χ2v) is 5.79. The van der Waals surface area contributed by atoms with Gasteiger partial charge in [0.1, 0.15) is 3.70 Å². The minimum atomic E-state index is -0.0316. The second kappa shape index (κ2) is 5.32. The van der Waals surface area contributed by atoms with Gasteiger partial charge in [-0.05, 0) is 41.1 Å². The third-order valence-electron chi connectivity index (χ3n) is 3.15. The molecular weight excluding hydrogens is 365 g/mol. The largest absolute Gasteiger partial charge is 0.294 e. The lowest BCUT2D eigenvalue weighted by molar-refractivity contribution is 0.747. The van der Waals surface area contributed by atoms with Gasteiger partial charge in [-0.1, -0.05) is 29.8 Å². The van der Waals surface area contributed by atoms with Crippen LogP contribution in [0.15, 0.2) is 47.7 Å². The Bertz CT molecular complexity index is 825. The first-order valence-electron chi connectivity index (χ1n) is 6.20. The lowest BCUT2D eigenvalue weighted by Crippen LogP contribution is -2.21. The van der Waals surface area contributed by atoms with Crippen LogP contribution in [0.1, 0.15) is 11.1 Å². The van der Waals surface area contributed by atoms with E-state index in [9.17, 15) is 4.79 Å². The molecule has 3 aromatic rings. The summed E-state index contributed by atoms with van der Waals surface area (Å²) in [6.45, 7) is 2.57. The van der Waals surface area contributed by atoms with Crippen molar-refractivity contribution in [3.05, 3.63) is 68.0 Å². The van der Waals surface area contributed by atoms with Gasteiger partial charge >= 0.3 is 0 Å². The zero-order chi connectivity index (χ0) is 14.1. The fourth-order valence-corrected chi connectivity index (χ4v) is 2.49. The first kappa shape index (κ1) is 13.2. The summed E-state index contributed by atoms with van der Waals surface area (Å²) in [6.07, 6.45) is 3.22. The molecule has 0 aliphatic carbocycles. The van der Waals surface area contributed by atoms with Crippen molar-refractivity contribution in [2.75, 3.05) is 0 Å². The standard InChI is InChI=1S/C15H12IN3O/c1-10-2-4-11(5-3-10)8-19-9-18-13-7-17-14(16)6-12(13)15(19)20/h2-7,9H,8H2,1H3. The molecule has 0 unspecified atom stereocenters. The quantitative estimate of drug-likeness (QED) is 0.510. The van der Waals surface area contributed by atoms with Gasteiger partial charge in [0.05, 0.1) is 30.0 Å². The summed E-state index contributed by atoms with van der Waals surface area (Å²) >= 11 is 2.10. The summed E-state index contributed by atoms with van der Waals surface area (Å²) < 4.78 is 2.42. The van der Waals surface area contributed by atoms with E-state index in [-0.39, 0.29) is 5.56 Å². The lowest BCUT2D eigenvalue weighted by atomic mass is 10.1. The molecular formula is C15H12IN3O. The van der Waals surface area contributed by atoms with Crippen molar-refractivity contribution in [3.8, 4) is 0 Å². The molecule has 0 saturated heterocycles. The van der Waals surface area contributed by atoms with Crippen LogP contribution in [0.4, 0.5) is 0 Å². The highest BCUT2D eigenvalue weighted by molar-refractivity contribution is 14.1. The molecule has 0 spiro atoms. The van der Waals surface area contributed by atoms with Gasteiger partial charge in [0.2, 0.25) is 0 Å². The topological polar surface area (TPSA) is 47.8 Å². The summed E-state index contributed by atoms with van der Waals surface area (Å²) in [5, 5.41) is 0.610. The van der Waals surface area contributed by atoms with Crippen LogP contribution in [-0.4, -0.2) is 14.5 Å². The van der Waals surface area contributed by atoms with Gasteiger partial charge in [0.15, 0.2) is 0 Å². The molecule has 2 heterocycles. The number of aryl methyl sites for hydroxylation is 1. The molecule has 0 saturated carbocycles. The van der Waals surface area contributed by atoms with Crippen LogP contribution in [-0.2, 0) is 6.54 Å². The van der Waals surface area contributed by atoms with Crippen molar-refractivity contribution >= 4 is 33.5 Å². The van der Waals surface area contributed by atoms with Crippen LogP contribution in [0, 0.1) is 10.6 Å².